The van der Waals surface area contributed by atoms with Crippen molar-refractivity contribution >= 4 is 41.1 Å². The molecule has 1 saturated heterocycles. The van der Waals surface area contributed by atoms with Crippen molar-refractivity contribution in [3.05, 3.63) is 135 Å². The number of benzene rings is 3. The summed E-state index contributed by atoms with van der Waals surface area (Å²) in [6.07, 6.45) is 4.19. The predicted octanol–water partition coefficient (Wildman–Crippen LogP) is 1.62. The number of unbranched alkanes of at least 4 members (excludes halogenated alkanes) is 5. The first kappa shape index (κ1) is 46.8. The van der Waals surface area contributed by atoms with Crippen molar-refractivity contribution in [3.63, 3.8) is 0 Å². The van der Waals surface area contributed by atoms with Crippen LogP contribution in [0.3, 0.4) is 0 Å². The quantitative estimate of drug-likeness (QED) is 0.0513. The van der Waals surface area contributed by atoms with Gasteiger partial charge in [0.25, 0.3) is 5.56 Å². The Labute approximate surface area is 366 Å². The number of esters is 3. The van der Waals surface area contributed by atoms with Crippen molar-refractivity contribution in [1.82, 2.24) is 24.1 Å². The molecule has 1 aliphatic rings. The summed E-state index contributed by atoms with van der Waals surface area (Å²) in [6, 6.07) is 34.3. The molecule has 324 valence electrons. The Balaban J connectivity index is 0.00000704. The van der Waals surface area contributed by atoms with Crippen LogP contribution in [0.1, 0.15) is 76.9 Å². The van der Waals surface area contributed by atoms with Gasteiger partial charge in [0.2, 0.25) is 0 Å². The van der Waals surface area contributed by atoms with E-state index in [9.17, 15) is 24.0 Å². The van der Waals surface area contributed by atoms with Crippen LogP contribution < -0.4 is 44.1 Å². The molecule has 4 atom stereocenters. The van der Waals surface area contributed by atoms with Crippen LogP contribution in [0.15, 0.2) is 113 Å². The van der Waals surface area contributed by atoms with Crippen LogP contribution in [-0.2, 0) is 46.4 Å². The van der Waals surface area contributed by atoms with Crippen molar-refractivity contribution in [2.75, 3.05) is 12.8 Å². The average molecular weight is 919 g/mol. The van der Waals surface area contributed by atoms with Gasteiger partial charge in [-0.25, -0.2) is 9.48 Å². The van der Waals surface area contributed by atoms with Crippen molar-refractivity contribution < 1.29 is 50.3 Å². The molecule has 0 bridgehead atoms. The minimum absolute atomic E-state index is 0. The lowest BCUT2D eigenvalue weighted by molar-refractivity contribution is -0.166. The maximum atomic E-state index is 13.7. The molecule has 61 heavy (non-hydrogen) atoms. The third kappa shape index (κ3) is 11.6. The van der Waals surface area contributed by atoms with E-state index in [0.29, 0.717) is 12.2 Å². The Morgan fingerprint density at radius 1 is 0.705 bits per heavy atom. The van der Waals surface area contributed by atoms with Gasteiger partial charge in [0.15, 0.2) is 18.4 Å². The third-order valence-corrected chi connectivity index (χ3v) is 15.2. The molecule has 1 aliphatic heterocycles. The smallest absolute Gasteiger partial charge is 0.331 e. The number of halogens is 1. The number of rotatable bonds is 19. The van der Waals surface area contributed by atoms with Gasteiger partial charge in [-0.15, -0.1) is 5.10 Å². The van der Waals surface area contributed by atoms with Crippen molar-refractivity contribution in [3.8, 4) is 0 Å². The zero-order valence-corrected chi connectivity index (χ0v) is 37.4. The number of nitrogens with zero attached hydrogens (tertiary/aromatic N) is 5. The highest BCUT2D eigenvalue weighted by molar-refractivity contribution is 7.95. The fraction of sp³-hybridized carbons (Fsp3) is 0.400. The predicted molar refractivity (Wildman–Crippen MR) is 228 cm³/mol. The molecule has 2 aromatic heterocycles. The summed E-state index contributed by atoms with van der Waals surface area (Å²) in [7, 11) is -1.86. The zero-order chi connectivity index (χ0) is 42.6. The molecule has 3 aromatic carbocycles. The van der Waals surface area contributed by atoms with Gasteiger partial charge in [0.1, 0.15) is 41.6 Å². The molecular weight excluding hydrogens is 865 g/mol. The van der Waals surface area contributed by atoms with Gasteiger partial charge in [0.05, 0.1) is 18.9 Å². The fourth-order valence-electron chi connectivity index (χ4n) is 7.93. The van der Waals surface area contributed by atoms with E-state index in [-0.39, 0.29) is 35.8 Å². The highest BCUT2D eigenvalue weighted by atomic mass is 79.9. The minimum atomic E-state index is -1.86. The Hall–Kier alpha value is -5.24. The molecule has 0 unspecified atom stereocenters. The number of carbonyl (C=O) groups excluding carboxylic acids is 3. The molecule has 16 heteroatoms. The van der Waals surface area contributed by atoms with E-state index < -0.39 is 61.0 Å². The number of hydrogen-bond acceptors (Lipinski definition) is 11. The maximum absolute atomic E-state index is 13.7. The van der Waals surface area contributed by atoms with Crippen molar-refractivity contribution in [2.24, 2.45) is 0 Å². The normalized spacial score (nSPS) is 17.3. The van der Waals surface area contributed by atoms with Crippen LogP contribution in [0.25, 0.3) is 0 Å². The summed E-state index contributed by atoms with van der Waals surface area (Å²) in [5.74, 6) is -1.90. The van der Waals surface area contributed by atoms with E-state index in [1.165, 1.54) is 53.6 Å². The van der Waals surface area contributed by atoms with Crippen LogP contribution >= 0.6 is 7.26 Å². The Bertz CT molecular complexity index is 2240. The molecule has 1 fully saturated rings. The molecular formula is C45H53BrN5O9P. The molecule has 0 spiro atoms. The number of aryl methyl sites for hydroxylation is 1. The lowest BCUT2D eigenvalue weighted by atomic mass is 10.1. The summed E-state index contributed by atoms with van der Waals surface area (Å²) in [5, 5.41) is 12.5. The van der Waals surface area contributed by atoms with E-state index in [1.54, 1.807) is 11.5 Å². The monoisotopic (exact) mass is 917 g/mol. The largest absolute Gasteiger partial charge is 1.00 e. The van der Waals surface area contributed by atoms with Crippen LogP contribution in [0.5, 0.6) is 0 Å². The lowest BCUT2D eigenvalue weighted by Gasteiger charge is -2.27. The van der Waals surface area contributed by atoms with E-state index >= 15 is 0 Å². The van der Waals surface area contributed by atoms with E-state index in [4.69, 9.17) is 18.9 Å². The summed E-state index contributed by atoms with van der Waals surface area (Å²) in [4.78, 5) is 62.4. The molecule has 6 rings (SSSR count). The Kier molecular flexibility index (Phi) is 16.9. The van der Waals surface area contributed by atoms with E-state index in [2.05, 4.69) is 101 Å². The van der Waals surface area contributed by atoms with Gasteiger partial charge < -0.3 is 35.9 Å². The standard InChI is InChI=1S/C45H53N5O9P.BrH/c1-32-28-41(54)49(29-36-30-50(47-46-36)44-43(58-35(4)53)42(57-34(3)52)40(59-44)31-56-33(2)51)45(55)48(32)26-18-7-5-6-8-19-27-60(37-20-12-9-13-21-37,38-22-14-10-15-23-38)39-24-16-11-17-25-39;/h9-17,20-25,28,30,40,42-44H,5-8,18-19,26-27,29,31H2,1-4H3;1H/q+1;/p-1/t40-,42-,43-,44-;/m0./s1. The van der Waals surface area contributed by atoms with Crippen LogP contribution in [0.4, 0.5) is 0 Å². The van der Waals surface area contributed by atoms with Gasteiger partial charge in [-0.2, -0.15) is 0 Å². The highest BCUT2D eigenvalue weighted by Gasteiger charge is 2.51. The highest BCUT2D eigenvalue weighted by Crippen LogP contribution is 2.56. The topological polar surface area (TPSA) is 163 Å². The molecule has 3 heterocycles. The third-order valence-electron chi connectivity index (χ3n) is 10.7. The van der Waals surface area contributed by atoms with Crippen LogP contribution in [-0.4, -0.2) is 73.1 Å². The fourth-order valence-corrected chi connectivity index (χ4v) is 12.3. The second-order valence-corrected chi connectivity index (χ2v) is 18.6. The minimum Gasteiger partial charge on any atom is -1.00 e. The van der Waals surface area contributed by atoms with E-state index in [0.717, 1.165) is 49.3 Å². The molecule has 14 nitrogen and oxygen atoms in total. The molecule has 0 radical (unpaired) electrons. The second-order valence-electron chi connectivity index (χ2n) is 15.0. The van der Waals surface area contributed by atoms with Crippen LogP contribution in [0, 0.1) is 6.92 Å². The SMILES string of the molecule is CC(=O)OC[C@@H]1O[C@H](n2cc(Cn3c(=O)cc(C)n(CCCCCCCC[P+](c4ccccc4)(c4ccccc4)c4ccccc4)c3=O)nn2)[C@@H](OC(C)=O)[C@H]1OC(C)=O.[Br-]. The van der Waals surface area contributed by atoms with Crippen LogP contribution in [0.2, 0.25) is 0 Å². The lowest BCUT2D eigenvalue weighted by Crippen LogP contribution is -3.00. The summed E-state index contributed by atoms with van der Waals surface area (Å²) >= 11 is 0. The number of hydrogen-bond donors (Lipinski definition) is 0. The molecule has 0 amide bonds. The number of aromatic nitrogens is 5. The number of ether oxygens (including phenoxy) is 4. The average Bonchev–Trinajstić information content (AvgIpc) is 3.83. The Morgan fingerprint density at radius 2 is 1.23 bits per heavy atom. The van der Waals surface area contributed by atoms with Gasteiger partial charge >= 0.3 is 23.6 Å². The van der Waals surface area contributed by atoms with Gasteiger partial charge in [0, 0.05) is 39.1 Å². The number of carbonyl (C=O) groups is 3. The zero-order valence-electron chi connectivity index (χ0n) is 34.9. The molecule has 5 aromatic rings. The molecule has 0 N–H and O–H groups in total. The molecule has 0 aliphatic carbocycles. The van der Waals surface area contributed by atoms with Crippen molar-refractivity contribution in [1.29, 1.82) is 0 Å². The molecule has 0 saturated carbocycles. The maximum Gasteiger partial charge on any atom is 0.331 e. The second kappa shape index (κ2) is 22.0. The van der Waals surface area contributed by atoms with Gasteiger partial charge in [-0.3, -0.25) is 28.3 Å². The first-order valence-electron chi connectivity index (χ1n) is 20.4. The Morgan fingerprint density at radius 3 is 1.77 bits per heavy atom. The first-order valence-corrected chi connectivity index (χ1v) is 22.4. The van der Waals surface area contributed by atoms with Crippen molar-refractivity contribution in [2.45, 2.75) is 104 Å². The summed E-state index contributed by atoms with van der Waals surface area (Å²) in [6.45, 7) is 5.37. The van der Waals surface area contributed by atoms with Gasteiger partial charge in [-0.1, -0.05) is 79.1 Å². The van der Waals surface area contributed by atoms with E-state index in [1.807, 2.05) is 0 Å². The first-order chi connectivity index (χ1) is 29.0. The van der Waals surface area contributed by atoms with Gasteiger partial charge in [-0.05, 0) is 62.6 Å². The summed E-state index contributed by atoms with van der Waals surface area (Å²) in [5.41, 5.74) is -0.0914. The summed E-state index contributed by atoms with van der Waals surface area (Å²) < 4.78 is 26.0.